The van der Waals surface area contributed by atoms with Crippen LogP contribution >= 0.6 is 0 Å². The molecule has 0 saturated heterocycles. The largest absolute Gasteiger partial charge is 0.270 e. The Kier molecular flexibility index (Phi) is 3.28. The second-order valence-corrected chi connectivity index (χ2v) is 1.47. The van der Waals surface area contributed by atoms with Crippen molar-refractivity contribution in [2.75, 3.05) is 0 Å². The first-order chi connectivity index (χ1) is 2.89. The molecular weight excluding hydrogens is 256 g/mol. The fraction of sp³-hybridized carbons (Fsp3) is 0.333. The van der Waals surface area contributed by atoms with Crippen LogP contribution in [0.5, 0.6) is 0 Å². The van der Waals surface area contributed by atoms with E-state index in [1.165, 1.54) is 5.57 Å². The predicted molar refractivity (Wildman–Crippen MR) is 26.2 cm³/mol. The van der Waals surface area contributed by atoms with Crippen LogP contribution in [0.2, 0.25) is 0 Å². The average molecular weight is 263 g/mol. The first kappa shape index (κ1) is 7.17. The standard InChI is InChI=1S/C6H7.W/c1-6-4-2-3-5-6;/h2,4H,3H2,1H3;/q-1;. The number of hydrogen-bond donors (Lipinski definition) is 0. The summed E-state index contributed by atoms with van der Waals surface area (Å²) < 4.78 is 0. The Morgan fingerprint density at radius 2 is 2.43 bits per heavy atom. The maximum atomic E-state index is 3.12. The van der Waals surface area contributed by atoms with E-state index in [4.69, 9.17) is 0 Å². The molecule has 38 valence electrons. The minimum absolute atomic E-state index is 0. The zero-order chi connectivity index (χ0) is 4.41. The molecule has 0 N–H and O–H groups in total. The van der Waals surface area contributed by atoms with Gasteiger partial charge in [-0.25, -0.2) is 11.6 Å². The zero-order valence-corrected chi connectivity index (χ0v) is 7.20. The molecule has 1 aliphatic carbocycles. The van der Waals surface area contributed by atoms with Gasteiger partial charge in [-0.2, -0.15) is 6.08 Å². The molecule has 0 saturated carbocycles. The summed E-state index contributed by atoms with van der Waals surface area (Å²) in [5, 5.41) is 0. The van der Waals surface area contributed by atoms with E-state index in [0.717, 1.165) is 6.42 Å². The Labute approximate surface area is 58.6 Å². The van der Waals surface area contributed by atoms with Gasteiger partial charge >= 0.3 is 0 Å². The Morgan fingerprint density at radius 1 is 1.71 bits per heavy atom. The maximum absolute atomic E-state index is 3.12. The molecular formula is C6H7W-. The third-order valence-corrected chi connectivity index (χ3v) is 0.867. The van der Waals surface area contributed by atoms with Crippen molar-refractivity contribution in [1.29, 1.82) is 0 Å². The van der Waals surface area contributed by atoms with E-state index in [-0.39, 0.29) is 21.1 Å². The van der Waals surface area contributed by atoms with E-state index >= 15 is 0 Å². The first-order valence-corrected chi connectivity index (χ1v) is 2.13. The van der Waals surface area contributed by atoms with Crippen LogP contribution in [-0.4, -0.2) is 0 Å². The third kappa shape index (κ3) is 2.09. The van der Waals surface area contributed by atoms with Gasteiger partial charge in [-0.1, -0.05) is 6.92 Å². The van der Waals surface area contributed by atoms with Crippen LogP contribution in [0.1, 0.15) is 13.3 Å². The number of allylic oxidation sites excluding steroid dienone is 4. The summed E-state index contributed by atoms with van der Waals surface area (Å²) in [4.78, 5) is 0. The van der Waals surface area contributed by atoms with Crippen LogP contribution in [0, 0.1) is 6.08 Å². The molecule has 0 aliphatic heterocycles. The molecule has 1 rings (SSSR count). The van der Waals surface area contributed by atoms with Crippen LogP contribution in [0.15, 0.2) is 17.7 Å². The quantitative estimate of drug-likeness (QED) is 0.583. The fourth-order valence-corrected chi connectivity index (χ4v) is 0.515. The van der Waals surface area contributed by atoms with Gasteiger partial charge in [-0.05, 0) is 0 Å². The summed E-state index contributed by atoms with van der Waals surface area (Å²) in [7, 11) is 0. The van der Waals surface area contributed by atoms with Crippen molar-refractivity contribution in [3.05, 3.63) is 23.8 Å². The molecule has 0 radical (unpaired) electrons. The molecule has 0 bridgehead atoms. The summed E-state index contributed by atoms with van der Waals surface area (Å²) in [5.74, 6) is 0. The SMILES string of the molecule is CC1=[C-]CC=C1.[W]. The summed E-state index contributed by atoms with van der Waals surface area (Å²) in [6, 6.07) is 0. The molecule has 0 aromatic rings. The number of hydrogen-bond acceptors (Lipinski definition) is 0. The van der Waals surface area contributed by atoms with Crippen molar-refractivity contribution in [1.82, 2.24) is 0 Å². The smallest absolute Gasteiger partial charge is 0 e. The second kappa shape index (κ2) is 3.21. The van der Waals surface area contributed by atoms with Gasteiger partial charge in [0.1, 0.15) is 0 Å². The molecule has 7 heavy (non-hydrogen) atoms. The topological polar surface area (TPSA) is 0 Å². The minimum Gasteiger partial charge on any atom is -0.270 e. The van der Waals surface area contributed by atoms with Gasteiger partial charge < -0.3 is 0 Å². The molecule has 0 heterocycles. The van der Waals surface area contributed by atoms with E-state index in [1.807, 2.05) is 0 Å². The molecule has 0 aromatic carbocycles. The van der Waals surface area contributed by atoms with Crippen LogP contribution in [0.25, 0.3) is 0 Å². The Balaban J connectivity index is 0.000000360. The molecule has 0 spiro atoms. The normalized spacial score (nSPS) is 15.9. The van der Waals surface area contributed by atoms with Crippen molar-refractivity contribution in [2.24, 2.45) is 0 Å². The third-order valence-electron chi connectivity index (χ3n) is 0.867. The summed E-state index contributed by atoms with van der Waals surface area (Å²) in [6.07, 6.45) is 8.33. The van der Waals surface area contributed by atoms with Crippen LogP contribution in [0.4, 0.5) is 0 Å². The van der Waals surface area contributed by atoms with Crippen LogP contribution in [-0.2, 0) is 21.1 Å². The maximum Gasteiger partial charge on any atom is 0 e. The van der Waals surface area contributed by atoms with Gasteiger partial charge in [0.05, 0.1) is 0 Å². The van der Waals surface area contributed by atoms with E-state index in [2.05, 4.69) is 25.2 Å². The van der Waals surface area contributed by atoms with Crippen molar-refractivity contribution in [3.8, 4) is 0 Å². The van der Waals surface area contributed by atoms with Gasteiger partial charge in [0.2, 0.25) is 0 Å². The fourth-order valence-electron chi connectivity index (χ4n) is 0.515. The van der Waals surface area contributed by atoms with Crippen LogP contribution < -0.4 is 0 Å². The molecule has 0 nitrogen and oxygen atoms in total. The Hall–Kier alpha value is 0.168. The van der Waals surface area contributed by atoms with E-state index in [0.29, 0.717) is 0 Å². The van der Waals surface area contributed by atoms with Gasteiger partial charge in [0, 0.05) is 21.1 Å². The minimum atomic E-state index is 0. The number of rotatable bonds is 0. The zero-order valence-electron chi connectivity index (χ0n) is 4.27. The van der Waals surface area contributed by atoms with Crippen molar-refractivity contribution >= 4 is 0 Å². The Bertz CT molecular complexity index is 98.0. The Morgan fingerprint density at radius 3 is 2.57 bits per heavy atom. The van der Waals surface area contributed by atoms with E-state index in [9.17, 15) is 0 Å². The molecule has 1 aliphatic rings. The summed E-state index contributed by atoms with van der Waals surface area (Å²) >= 11 is 0. The van der Waals surface area contributed by atoms with Gasteiger partial charge in [0.15, 0.2) is 0 Å². The van der Waals surface area contributed by atoms with Gasteiger partial charge in [-0.3, -0.25) is 6.08 Å². The molecule has 0 atom stereocenters. The van der Waals surface area contributed by atoms with Gasteiger partial charge in [0.25, 0.3) is 0 Å². The monoisotopic (exact) mass is 263 g/mol. The van der Waals surface area contributed by atoms with E-state index in [1.54, 1.807) is 0 Å². The van der Waals surface area contributed by atoms with Crippen molar-refractivity contribution in [2.45, 2.75) is 13.3 Å². The molecule has 0 amide bonds. The predicted octanol–water partition coefficient (Wildman–Crippen LogP) is 1.69. The van der Waals surface area contributed by atoms with Gasteiger partial charge in [-0.15, -0.1) is 6.42 Å². The van der Waals surface area contributed by atoms with Crippen LogP contribution in [0.3, 0.4) is 0 Å². The first-order valence-electron chi connectivity index (χ1n) is 2.13. The molecule has 0 unspecified atom stereocenters. The summed E-state index contributed by atoms with van der Waals surface area (Å²) in [5.41, 5.74) is 1.27. The summed E-state index contributed by atoms with van der Waals surface area (Å²) in [6.45, 7) is 2.06. The van der Waals surface area contributed by atoms with Crippen molar-refractivity contribution in [3.63, 3.8) is 0 Å². The average Bonchev–Trinajstić information content (AvgIpc) is 1.86. The second-order valence-electron chi connectivity index (χ2n) is 1.47. The van der Waals surface area contributed by atoms with Crippen molar-refractivity contribution < 1.29 is 21.1 Å². The molecule has 1 heteroatoms. The van der Waals surface area contributed by atoms with E-state index < -0.39 is 0 Å². The molecule has 0 aromatic heterocycles. The molecule has 0 fully saturated rings.